The summed E-state index contributed by atoms with van der Waals surface area (Å²) in [6, 6.07) is 1.96. The third-order valence-corrected chi connectivity index (χ3v) is 2.84. The highest BCUT2D eigenvalue weighted by Gasteiger charge is 2.18. The molecular formula is C13H17ClN2O2. The van der Waals surface area contributed by atoms with Crippen molar-refractivity contribution in [2.24, 2.45) is 10.7 Å². The molecule has 1 aromatic rings. The van der Waals surface area contributed by atoms with Gasteiger partial charge in [-0.25, -0.2) is 4.99 Å². The quantitative estimate of drug-likeness (QED) is 0.896. The lowest BCUT2D eigenvalue weighted by molar-refractivity contribution is 0.396. The van der Waals surface area contributed by atoms with E-state index >= 15 is 0 Å². The van der Waals surface area contributed by atoms with E-state index in [0.717, 1.165) is 28.2 Å². The maximum absolute atomic E-state index is 5.81. The van der Waals surface area contributed by atoms with Crippen molar-refractivity contribution in [2.75, 3.05) is 14.2 Å². The number of benzene rings is 1. The van der Waals surface area contributed by atoms with Crippen molar-refractivity contribution in [1.82, 2.24) is 0 Å². The van der Waals surface area contributed by atoms with Crippen LogP contribution >= 0.6 is 12.4 Å². The predicted molar refractivity (Wildman–Crippen MR) is 75.9 cm³/mol. The van der Waals surface area contributed by atoms with Crippen LogP contribution in [0.1, 0.15) is 16.7 Å². The smallest absolute Gasteiger partial charge is 0.129 e. The second kappa shape index (κ2) is 5.78. The number of hydrogen-bond acceptors (Lipinski definition) is 4. The van der Waals surface area contributed by atoms with Crippen LogP contribution in [-0.4, -0.2) is 20.1 Å². The van der Waals surface area contributed by atoms with Crippen LogP contribution in [0.4, 0.5) is 0 Å². The van der Waals surface area contributed by atoms with E-state index in [0.29, 0.717) is 12.3 Å². The molecule has 1 aliphatic rings. The lowest BCUT2D eigenvalue weighted by atomic mass is 9.98. The molecule has 0 aliphatic carbocycles. The first-order chi connectivity index (χ1) is 8.17. The van der Waals surface area contributed by atoms with Crippen molar-refractivity contribution in [1.29, 1.82) is 0 Å². The van der Waals surface area contributed by atoms with E-state index in [1.54, 1.807) is 20.4 Å². The van der Waals surface area contributed by atoms with E-state index in [2.05, 4.69) is 4.99 Å². The van der Waals surface area contributed by atoms with Crippen LogP contribution in [0.3, 0.4) is 0 Å². The second-order valence-corrected chi connectivity index (χ2v) is 3.93. The third-order valence-electron chi connectivity index (χ3n) is 2.84. The van der Waals surface area contributed by atoms with Gasteiger partial charge in [0.05, 0.1) is 14.2 Å². The molecule has 0 saturated heterocycles. The molecule has 0 saturated carbocycles. The first kappa shape index (κ1) is 14.4. The van der Waals surface area contributed by atoms with Gasteiger partial charge in [-0.15, -0.1) is 12.4 Å². The first-order valence-electron chi connectivity index (χ1n) is 5.40. The number of aryl methyl sites for hydroxylation is 1. The molecule has 2 N–H and O–H groups in total. The molecule has 1 aliphatic heterocycles. The number of ether oxygens (including phenoxy) is 2. The summed E-state index contributed by atoms with van der Waals surface area (Å²) in [4.78, 5) is 4.12. The highest BCUT2D eigenvalue weighted by molar-refractivity contribution is 5.88. The van der Waals surface area contributed by atoms with Crippen LogP contribution in [0.25, 0.3) is 6.08 Å². The highest BCUT2D eigenvalue weighted by Crippen LogP contribution is 2.36. The molecule has 0 atom stereocenters. The summed E-state index contributed by atoms with van der Waals surface area (Å²) in [6.45, 7) is 1.99. The van der Waals surface area contributed by atoms with Crippen LogP contribution in [0.2, 0.25) is 0 Å². The minimum absolute atomic E-state index is 0. The largest absolute Gasteiger partial charge is 0.496 e. The van der Waals surface area contributed by atoms with Crippen molar-refractivity contribution >= 4 is 24.3 Å². The standard InChI is InChI=1S/C13H16N2O2.ClH/c1-8-6-11(16-2)10-7-12(14)15-5-4-9(10)13(8)17-3;/h4-6H,7H2,1-3H3,(H2,14,15);1H. The summed E-state index contributed by atoms with van der Waals surface area (Å²) in [7, 11) is 3.32. The van der Waals surface area contributed by atoms with Gasteiger partial charge in [0.1, 0.15) is 17.3 Å². The number of aliphatic imine (C=N–C) groups is 1. The molecule has 1 aromatic carbocycles. The Bertz CT molecular complexity index is 510. The number of nitrogens with zero attached hydrogens (tertiary/aromatic N) is 1. The molecule has 0 spiro atoms. The van der Waals surface area contributed by atoms with Gasteiger partial charge in [0.2, 0.25) is 0 Å². The van der Waals surface area contributed by atoms with Crippen molar-refractivity contribution in [2.45, 2.75) is 13.3 Å². The maximum atomic E-state index is 5.81. The lowest BCUT2D eigenvalue weighted by Gasteiger charge is -2.16. The molecule has 0 fully saturated rings. The van der Waals surface area contributed by atoms with Crippen LogP contribution in [-0.2, 0) is 6.42 Å². The zero-order valence-electron chi connectivity index (χ0n) is 10.7. The molecule has 98 valence electrons. The van der Waals surface area contributed by atoms with Gasteiger partial charge >= 0.3 is 0 Å². The van der Waals surface area contributed by atoms with Crippen LogP contribution in [0.5, 0.6) is 11.5 Å². The average Bonchev–Trinajstić information content (AvgIpc) is 2.50. The summed E-state index contributed by atoms with van der Waals surface area (Å²) in [5.74, 6) is 2.24. The Kier molecular flexibility index (Phi) is 4.62. The minimum atomic E-state index is 0. The minimum Gasteiger partial charge on any atom is -0.496 e. The lowest BCUT2D eigenvalue weighted by Crippen LogP contribution is -2.15. The summed E-state index contributed by atoms with van der Waals surface area (Å²) in [5, 5.41) is 0. The van der Waals surface area contributed by atoms with Crippen molar-refractivity contribution in [3.05, 3.63) is 29.0 Å². The Hall–Kier alpha value is -1.68. The fourth-order valence-electron chi connectivity index (χ4n) is 2.08. The fourth-order valence-corrected chi connectivity index (χ4v) is 2.08. The number of halogens is 1. The molecule has 4 nitrogen and oxygen atoms in total. The molecule has 1 heterocycles. The maximum Gasteiger partial charge on any atom is 0.129 e. The summed E-state index contributed by atoms with van der Waals surface area (Å²) >= 11 is 0. The third kappa shape index (κ3) is 2.43. The van der Waals surface area contributed by atoms with E-state index in [4.69, 9.17) is 15.2 Å². The Labute approximate surface area is 113 Å². The van der Waals surface area contributed by atoms with Gasteiger partial charge in [0, 0.05) is 23.7 Å². The molecule has 0 aromatic heterocycles. The molecule has 0 bridgehead atoms. The van der Waals surface area contributed by atoms with Gasteiger partial charge in [-0.2, -0.15) is 0 Å². The van der Waals surface area contributed by atoms with E-state index in [9.17, 15) is 0 Å². The Morgan fingerprint density at radius 1 is 1.28 bits per heavy atom. The topological polar surface area (TPSA) is 56.8 Å². The predicted octanol–water partition coefficient (Wildman–Crippen LogP) is 2.32. The van der Waals surface area contributed by atoms with E-state index in [-0.39, 0.29) is 12.4 Å². The number of amidine groups is 1. The zero-order chi connectivity index (χ0) is 12.4. The fraction of sp³-hybridized carbons (Fsp3) is 0.308. The number of fused-ring (bicyclic) bond motifs is 1. The zero-order valence-corrected chi connectivity index (χ0v) is 11.5. The summed E-state index contributed by atoms with van der Waals surface area (Å²) in [6.07, 6.45) is 4.17. The van der Waals surface area contributed by atoms with Gasteiger partial charge < -0.3 is 15.2 Å². The van der Waals surface area contributed by atoms with E-state index in [1.807, 2.05) is 19.1 Å². The first-order valence-corrected chi connectivity index (χ1v) is 5.40. The summed E-state index contributed by atoms with van der Waals surface area (Å²) in [5.41, 5.74) is 8.85. The number of methoxy groups -OCH3 is 2. The Balaban J connectivity index is 0.00000162. The van der Waals surface area contributed by atoms with Gasteiger partial charge in [0.25, 0.3) is 0 Å². The van der Waals surface area contributed by atoms with Crippen LogP contribution in [0, 0.1) is 6.92 Å². The van der Waals surface area contributed by atoms with Crippen molar-refractivity contribution in [3.8, 4) is 11.5 Å². The second-order valence-electron chi connectivity index (χ2n) is 3.93. The molecule has 0 amide bonds. The monoisotopic (exact) mass is 268 g/mol. The van der Waals surface area contributed by atoms with Crippen LogP contribution < -0.4 is 15.2 Å². The normalized spacial score (nSPS) is 12.9. The van der Waals surface area contributed by atoms with Gasteiger partial charge in [-0.3, -0.25) is 0 Å². The SMILES string of the molecule is COc1cc(C)c(OC)c2c1CC(N)=NC=C2.Cl. The molecule has 2 rings (SSSR count). The Morgan fingerprint density at radius 3 is 2.61 bits per heavy atom. The average molecular weight is 269 g/mol. The van der Waals surface area contributed by atoms with E-state index in [1.165, 1.54) is 0 Å². The Morgan fingerprint density at radius 2 is 2.00 bits per heavy atom. The molecule has 5 heteroatoms. The molecule has 0 unspecified atom stereocenters. The molecule has 18 heavy (non-hydrogen) atoms. The number of hydrogen-bond donors (Lipinski definition) is 1. The summed E-state index contributed by atoms with van der Waals surface area (Å²) < 4.78 is 10.8. The van der Waals surface area contributed by atoms with Gasteiger partial charge in [-0.05, 0) is 24.6 Å². The molecular weight excluding hydrogens is 252 g/mol. The van der Waals surface area contributed by atoms with Gasteiger partial charge in [0.15, 0.2) is 0 Å². The number of rotatable bonds is 2. The molecule has 0 radical (unpaired) electrons. The van der Waals surface area contributed by atoms with Crippen molar-refractivity contribution in [3.63, 3.8) is 0 Å². The van der Waals surface area contributed by atoms with Gasteiger partial charge in [-0.1, -0.05) is 0 Å². The van der Waals surface area contributed by atoms with E-state index < -0.39 is 0 Å². The highest BCUT2D eigenvalue weighted by atomic mass is 35.5. The van der Waals surface area contributed by atoms with Crippen LogP contribution in [0.15, 0.2) is 17.3 Å². The number of nitrogens with two attached hydrogens (primary N) is 1. The van der Waals surface area contributed by atoms with Crippen molar-refractivity contribution < 1.29 is 9.47 Å².